The van der Waals surface area contributed by atoms with Crippen molar-refractivity contribution in [3.05, 3.63) is 70.9 Å². The van der Waals surface area contributed by atoms with Gasteiger partial charge in [0.25, 0.3) is 5.91 Å². The van der Waals surface area contributed by atoms with Crippen LogP contribution in [0.2, 0.25) is 5.02 Å². The second-order valence-electron chi connectivity index (χ2n) is 4.78. The zero-order valence-electron chi connectivity index (χ0n) is 11.9. The van der Waals surface area contributed by atoms with E-state index in [4.69, 9.17) is 11.6 Å². The van der Waals surface area contributed by atoms with Gasteiger partial charge in [-0.25, -0.2) is 5.43 Å². The number of phenolic OH excluding ortho intramolecular Hbond substituents is 1. The molecule has 0 bridgehead atoms. The molecule has 0 spiro atoms. The lowest BCUT2D eigenvalue weighted by Crippen LogP contribution is -2.17. The molecule has 1 aromatic heterocycles. The molecule has 23 heavy (non-hydrogen) atoms. The van der Waals surface area contributed by atoms with Crippen LogP contribution < -0.4 is 5.43 Å². The highest BCUT2D eigenvalue weighted by Gasteiger charge is 2.07. The highest BCUT2D eigenvalue weighted by molar-refractivity contribution is 6.32. The number of benzene rings is 2. The van der Waals surface area contributed by atoms with Gasteiger partial charge in [0.1, 0.15) is 5.75 Å². The molecule has 3 aromatic rings. The average molecular weight is 326 g/mol. The summed E-state index contributed by atoms with van der Waals surface area (Å²) < 4.78 is 0. The Morgan fingerprint density at radius 3 is 2.87 bits per heavy atom. The van der Waals surface area contributed by atoms with Crippen molar-refractivity contribution in [1.82, 2.24) is 10.4 Å². The molecule has 0 unspecified atom stereocenters. The summed E-state index contributed by atoms with van der Waals surface area (Å²) in [7, 11) is 0. The number of carbonyl (C=O) groups excluding carboxylic acids is 1. The highest BCUT2D eigenvalue weighted by Crippen LogP contribution is 2.23. The second kappa shape index (κ2) is 6.46. The molecule has 0 atom stereocenters. The van der Waals surface area contributed by atoms with Gasteiger partial charge in [0, 0.05) is 22.7 Å². The largest absolute Gasteiger partial charge is 0.506 e. The summed E-state index contributed by atoms with van der Waals surface area (Å²) in [6.07, 6.45) is 3.25. The van der Waals surface area contributed by atoms with Crippen molar-refractivity contribution in [1.29, 1.82) is 0 Å². The summed E-state index contributed by atoms with van der Waals surface area (Å²) in [4.78, 5) is 16.2. The van der Waals surface area contributed by atoms with Crippen molar-refractivity contribution in [2.45, 2.75) is 0 Å². The van der Waals surface area contributed by atoms with Crippen LogP contribution in [0.4, 0.5) is 0 Å². The molecule has 3 rings (SSSR count). The minimum Gasteiger partial charge on any atom is -0.506 e. The fraction of sp³-hybridized carbons (Fsp3) is 0. The molecule has 0 aliphatic heterocycles. The van der Waals surface area contributed by atoms with Gasteiger partial charge < -0.3 is 5.11 Å². The van der Waals surface area contributed by atoms with Crippen molar-refractivity contribution in [3.8, 4) is 5.75 Å². The molecule has 1 heterocycles. The Morgan fingerprint density at radius 1 is 1.22 bits per heavy atom. The van der Waals surface area contributed by atoms with E-state index in [0.29, 0.717) is 5.56 Å². The number of phenols is 1. The van der Waals surface area contributed by atoms with E-state index in [1.165, 1.54) is 18.2 Å². The number of hydrogen-bond acceptors (Lipinski definition) is 4. The van der Waals surface area contributed by atoms with E-state index in [9.17, 15) is 9.90 Å². The fourth-order valence-corrected chi connectivity index (χ4v) is 2.28. The summed E-state index contributed by atoms with van der Waals surface area (Å²) in [6, 6.07) is 13.7. The molecule has 0 aliphatic rings. The van der Waals surface area contributed by atoms with Crippen molar-refractivity contribution >= 4 is 34.6 Å². The van der Waals surface area contributed by atoms with Gasteiger partial charge >= 0.3 is 0 Å². The van der Waals surface area contributed by atoms with E-state index in [0.717, 1.165) is 16.5 Å². The van der Waals surface area contributed by atoms with Crippen LogP contribution in [0.25, 0.3) is 10.9 Å². The number of aromatic nitrogens is 1. The number of halogens is 1. The third-order valence-corrected chi connectivity index (χ3v) is 3.57. The van der Waals surface area contributed by atoms with Crippen LogP contribution >= 0.6 is 11.6 Å². The standard InChI is InChI=1S/C17H12ClN3O2/c18-14-9-11(5-6-16(14)22)17(23)21-20-10-12-7-8-19-15-4-2-1-3-13(12)15/h1-10,22H,(H,21,23). The molecular weight excluding hydrogens is 314 g/mol. The molecule has 2 aromatic carbocycles. The van der Waals surface area contributed by atoms with Crippen LogP contribution in [0.3, 0.4) is 0 Å². The number of rotatable bonds is 3. The van der Waals surface area contributed by atoms with Gasteiger partial charge in [-0.1, -0.05) is 29.8 Å². The van der Waals surface area contributed by atoms with Gasteiger partial charge in [0.2, 0.25) is 0 Å². The summed E-state index contributed by atoms with van der Waals surface area (Å²) in [6.45, 7) is 0. The van der Waals surface area contributed by atoms with Crippen LogP contribution in [0, 0.1) is 0 Å². The summed E-state index contributed by atoms with van der Waals surface area (Å²) in [5.41, 5.74) is 4.44. The van der Waals surface area contributed by atoms with E-state index >= 15 is 0 Å². The first-order chi connectivity index (χ1) is 11.1. The summed E-state index contributed by atoms with van der Waals surface area (Å²) >= 11 is 5.78. The monoisotopic (exact) mass is 325 g/mol. The SMILES string of the molecule is O=C(NN=Cc1ccnc2ccccc12)c1ccc(O)c(Cl)c1. The molecule has 0 radical (unpaired) electrons. The van der Waals surface area contributed by atoms with Gasteiger partial charge in [0.15, 0.2) is 0 Å². The van der Waals surface area contributed by atoms with E-state index < -0.39 is 5.91 Å². The molecule has 0 fully saturated rings. The molecule has 0 aliphatic carbocycles. The normalized spacial score (nSPS) is 11.0. The third-order valence-electron chi connectivity index (χ3n) is 3.26. The van der Waals surface area contributed by atoms with E-state index in [1.807, 2.05) is 30.3 Å². The Bertz CT molecular complexity index is 904. The Hall–Kier alpha value is -2.92. The number of para-hydroxylation sites is 1. The van der Waals surface area contributed by atoms with E-state index in [1.54, 1.807) is 12.4 Å². The number of pyridine rings is 1. The topological polar surface area (TPSA) is 74.6 Å². The molecule has 0 saturated carbocycles. The van der Waals surface area contributed by atoms with Crippen LogP contribution in [0.15, 0.2) is 59.8 Å². The first-order valence-corrected chi connectivity index (χ1v) is 7.18. The van der Waals surface area contributed by atoms with Gasteiger partial charge in [0.05, 0.1) is 16.8 Å². The number of amides is 1. The first-order valence-electron chi connectivity index (χ1n) is 6.81. The number of aromatic hydroxyl groups is 1. The highest BCUT2D eigenvalue weighted by atomic mass is 35.5. The summed E-state index contributed by atoms with van der Waals surface area (Å²) in [5.74, 6) is -0.489. The number of nitrogens with zero attached hydrogens (tertiary/aromatic N) is 2. The fourth-order valence-electron chi connectivity index (χ4n) is 2.10. The van der Waals surface area contributed by atoms with Crippen LogP contribution in [-0.4, -0.2) is 22.2 Å². The maximum absolute atomic E-state index is 12.0. The van der Waals surface area contributed by atoms with Gasteiger partial charge in [-0.15, -0.1) is 0 Å². The number of hydrazone groups is 1. The van der Waals surface area contributed by atoms with Crippen molar-refractivity contribution in [2.75, 3.05) is 0 Å². The van der Waals surface area contributed by atoms with Gasteiger partial charge in [-0.3, -0.25) is 9.78 Å². The number of carbonyl (C=O) groups is 1. The van der Waals surface area contributed by atoms with E-state index in [-0.39, 0.29) is 10.8 Å². The summed E-state index contributed by atoms with van der Waals surface area (Å²) in [5, 5.41) is 14.4. The van der Waals surface area contributed by atoms with Gasteiger partial charge in [-0.05, 0) is 30.3 Å². The lowest BCUT2D eigenvalue weighted by atomic mass is 10.1. The zero-order chi connectivity index (χ0) is 16.2. The minimum atomic E-state index is -0.415. The van der Waals surface area contributed by atoms with Crippen molar-refractivity contribution in [2.24, 2.45) is 5.10 Å². The molecule has 2 N–H and O–H groups in total. The molecule has 5 nitrogen and oxygen atoms in total. The van der Waals surface area contributed by atoms with Crippen LogP contribution in [0.5, 0.6) is 5.75 Å². The van der Waals surface area contributed by atoms with Crippen molar-refractivity contribution in [3.63, 3.8) is 0 Å². The minimum absolute atomic E-state index is 0.0741. The average Bonchev–Trinajstić information content (AvgIpc) is 2.57. The Morgan fingerprint density at radius 2 is 2.04 bits per heavy atom. The molecule has 0 saturated heterocycles. The maximum Gasteiger partial charge on any atom is 0.271 e. The lowest BCUT2D eigenvalue weighted by molar-refractivity contribution is 0.0955. The smallest absolute Gasteiger partial charge is 0.271 e. The Kier molecular flexibility index (Phi) is 4.21. The Labute approximate surface area is 137 Å². The number of fused-ring (bicyclic) bond motifs is 1. The first kappa shape index (κ1) is 15.0. The molecule has 1 amide bonds. The predicted molar refractivity (Wildman–Crippen MR) is 89.9 cm³/mol. The maximum atomic E-state index is 12.0. The molecule has 114 valence electrons. The van der Waals surface area contributed by atoms with Crippen LogP contribution in [0.1, 0.15) is 15.9 Å². The molecule has 6 heteroatoms. The third kappa shape index (κ3) is 3.30. The van der Waals surface area contributed by atoms with E-state index in [2.05, 4.69) is 15.5 Å². The predicted octanol–water partition coefficient (Wildman–Crippen LogP) is 3.36. The second-order valence-corrected chi connectivity index (χ2v) is 5.19. The van der Waals surface area contributed by atoms with Crippen LogP contribution in [-0.2, 0) is 0 Å². The number of hydrogen-bond donors (Lipinski definition) is 2. The zero-order valence-corrected chi connectivity index (χ0v) is 12.7. The number of nitrogens with one attached hydrogen (secondary N) is 1. The molecular formula is C17H12ClN3O2. The van der Waals surface area contributed by atoms with Crippen molar-refractivity contribution < 1.29 is 9.90 Å². The Balaban J connectivity index is 1.77. The van der Waals surface area contributed by atoms with Gasteiger partial charge in [-0.2, -0.15) is 5.10 Å². The quantitative estimate of drug-likeness (QED) is 0.573. The lowest BCUT2D eigenvalue weighted by Gasteiger charge is -2.03.